The molecule has 0 bridgehead atoms. The number of likely N-dealkylation sites (N-methyl/N-ethyl adjacent to an activating group) is 1. The monoisotopic (exact) mass is 211 g/mol. The Morgan fingerprint density at radius 2 is 2.20 bits per heavy atom. The fraction of sp³-hybridized carbons (Fsp3) is 0.333. The van der Waals surface area contributed by atoms with Gasteiger partial charge in [0.2, 0.25) is 0 Å². The molecule has 2 N–H and O–H groups in total. The van der Waals surface area contributed by atoms with Crippen LogP contribution in [0.2, 0.25) is 0 Å². The summed E-state index contributed by atoms with van der Waals surface area (Å²) in [5.41, 5.74) is 0. The number of hydrogen-bond acceptors (Lipinski definition) is 4. The number of aliphatic carboxylic acids is 1. The van der Waals surface area contributed by atoms with Gasteiger partial charge >= 0.3 is 20.8 Å². The molecule has 0 aromatic carbocycles. The largest absolute Gasteiger partial charge is 0.480 e. The van der Waals surface area contributed by atoms with Gasteiger partial charge in [-0.05, 0) is 0 Å². The molecular weight excluding hydrogens is 200 g/mol. The molecule has 15 heavy (non-hydrogen) atoms. The average Bonchev–Trinajstić information content (AvgIpc) is 2.17. The zero-order valence-corrected chi connectivity index (χ0v) is 8.34. The maximum Gasteiger partial charge on any atom is 0.338 e. The Morgan fingerprint density at radius 3 is 2.67 bits per heavy atom. The lowest BCUT2D eigenvalue weighted by atomic mass is 9.98. The summed E-state index contributed by atoms with van der Waals surface area (Å²) in [6, 6.07) is 0. The Labute approximate surface area is 88.1 Å². The van der Waals surface area contributed by atoms with Crippen molar-refractivity contribution in [2.45, 2.75) is 0 Å². The molecule has 0 aliphatic rings. The first kappa shape index (κ1) is 13.2. The van der Waals surface area contributed by atoms with Crippen LogP contribution in [-0.2, 0) is 14.4 Å². The van der Waals surface area contributed by atoms with E-state index in [1.54, 1.807) is 0 Å². The van der Waals surface area contributed by atoms with E-state index in [0.717, 1.165) is 0 Å². The van der Waals surface area contributed by atoms with E-state index in [1.165, 1.54) is 11.9 Å². The lowest BCUT2D eigenvalue weighted by molar-refractivity contribution is -0.137. The predicted molar refractivity (Wildman–Crippen MR) is 58.6 cm³/mol. The van der Waals surface area contributed by atoms with Crippen LogP contribution >= 0.6 is 0 Å². The molecule has 0 saturated heterocycles. The third-order valence-corrected chi connectivity index (χ3v) is 1.39. The van der Waals surface area contributed by atoms with E-state index < -0.39 is 5.97 Å². The number of nitrogens with zero attached hydrogens (tertiary/aromatic N) is 2. The molecule has 7 nitrogen and oxygen atoms in total. The van der Waals surface area contributed by atoms with E-state index in [0.29, 0.717) is 12.4 Å². The molecule has 0 saturated carbocycles. The lowest BCUT2D eigenvalue weighted by Crippen LogP contribution is -2.43. The van der Waals surface area contributed by atoms with Crippen molar-refractivity contribution < 1.29 is 19.5 Å². The molecule has 0 radical (unpaired) electrons. The summed E-state index contributed by atoms with van der Waals surface area (Å²) in [4.78, 5) is 35.7. The third-order valence-electron chi connectivity index (χ3n) is 1.39. The summed E-state index contributed by atoms with van der Waals surface area (Å²) in [6.45, 7) is -0.260. The van der Waals surface area contributed by atoms with Crippen molar-refractivity contribution in [3.8, 4) is 0 Å². The van der Waals surface area contributed by atoms with Crippen molar-refractivity contribution >= 4 is 39.1 Å². The standard InChI is InChI=1S/C6H11B2N3O4/c1-11(2-5(14)15)6(9-7-3-12)10-8-4-13/h3-4,7-8H,2H2,1H3,(H,9,10)(H,14,15). The minimum atomic E-state index is -1.02. The van der Waals surface area contributed by atoms with Crippen molar-refractivity contribution in [1.29, 1.82) is 0 Å². The van der Waals surface area contributed by atoms with Crippen LogP contribution in [-0.4, -0.2) is 62.7 Å². The molecule has 0 unspecified atom stereocenters. The highest BCUT2D eigenvalue weighted by Gasteiger charge is 2.09. The summed E-state index contributed by atoms with van der Waals surface area (Å²) in [5.74, 6) is -0.819. The average molecular weight is 211 g/mol. The predicted octanol–water partition coefficient (Wildman–Crippen LogP) is -2.97. The first-order valence-electron chi connectivity index (χ1n) is 4.20. The van der Waals surface area contributed by atoms with Crippen LogP contribution in [0.25, 0.3) is 0 Å². The molecule has 9 heteroatoms. The molecule has 0 atom stereocenters. The van der Waals surface area contributed by atoms with Gasteiger partial charge in [0.1, 0.15) is 18.9 Å². The maximum atomic E-state index is 10.4. The number of carbonyl (C=O) groups excluding carboxylic acids is 2. The summed E-state index contributed by atoms with van der Waals surface area (Å²) in [5, 5.41) is 11.1. The molecular formula is C6H11B2N3O4. The van der Waals surface area contributed by atoms with Crippen LogP contribution in [0.3, 0.4) is 0 Å². The summed E-state index contributed by atoms with van der Waals surface area (Å²) in [6.07, 6.45) is 1.20. The minimum Gasteiger partial charge on any atom is -0.480 e. The van der Waals surface area contributed by atoms with Gasteiger partial charge < -0.3 is 29.7 Å². The highest BCUT2D eigenvalue weighted by atomic mass is 16.4. The highest BCUT2D eigenvalue weighted by Crippen LogP contribution is 1.84. The van der Waals surface area contributed by atoms with E-state index in [1.807, 2.05) is 0 Å². The van der Waals surface area contributed by atoms with E-state index in [2.05, 4.69) is 10.1 Å². The van der Waals surface area contributed by atoms with Crippen LogP contribution in [0.5, 0.6) is 0 Å². The number of nitrogens with one attached hydrogen (secondary N) is 1. The van der Waals surface area contributed by atoms with Crippen molar-refractivity contribution in [3.05, 3.63) is 0 Å². The Hall–Kier alpha value is -1.79. The smallest absolute Gasteiger partial charge is 0.338 e. The van der Waals surface area contributed by atoms with Crippen LogP contribution < -0.4 is 5.23 Å². The van der Waals surface area contributed by atoms with Gasteiger partial charge in [-0.25, -0.2) is 0 Å². The Bertz CT molecular complexity index is 271. The second-order valence-electron chi connectivity index (χ2n) is 2.63. The van der Waals surface area contributed by atoms with Crippen LogP contribution in [0.4, 0.5) is 0 Å². The van der Waals surface area contributed by atoms with Gasteiger partial charge in [-0.15, -0.1) is 0 Å². The first-order valence-corrected chi connectivity index (χ1v) is 4.20. The number of carbonyl (C=O) groups is 3. The Morgan fingerprint density at radius 1 is 1.53 bits per heavy atom. The third kappa shape index (κ3) is 6.30. The van der Waals surface area contributed by atoms with Gasteiger partial charge in [0, 0.05) is 7.05 Å². The van der Waals surface area contributed by atoms with E-state index >= 15 is 0 Å². The Kier molecular flexibility index (Phi) is 6.69. The molecule has 0 aromatic heterocycles. The van der Waals surface area contributed by atoms with Crippen LogP contribution in [0, 0.1) is 0 Å². The summed E-state index contributed by atoms with van der Waals surface area (Å²) >= 11 is 0. The van der Waals surface area contributed by atoms with Crippen molar-refractivity contribution in [3.63, 3.8) is 0 Å². The Balaban J connectivity index is 4.38. The second kappa shape index (κ2) is 7.60. The SMILES string of the molecule is CN(CC(=O)O)/C(=N\BC=O)NBC=O. The van der Waals surface area contributed by atoms with Gasteiger partial charge in [-0.1, -0.05) is 0 Å². The highest BCUT2D eigenvalue weighted by molar-refractivity contribution is 6.68. The van der Waals surface area contributed by atoms with E-state index in [-0.39, 0.29) is 27.3 Å². The number of guanidine groups is 1. The van der Waals surface area contributed by atoms with Gasteiger partial charge in [-0.2, -0.15) is 0 Å². The normalized spacial score (nSPS) is 10.1. The topological polar surface area (TPSA) is 99.1 Å². The zero-order chi connectivity index (χ0) is 11.7. The molecule has 0 aliphatic carbocycles. The molecule has 0 rings (SSSR count). The molecule has 0 spiro atoms. The number of carboxylic acid groups (broad SMARTS) is 1. The molecule has 0 heterocycles. The van der Waals surface area contributed by atoms with Crippen molar-refractivity contribution in [2.75, 3.05) is 13.6 Å². The van der Waals surface area contributed by atoms with Gasteiger partial charge in [0.15, 0.2) is 5.96 Å². The fourth-order valence-corrected chi connectivity index (χ4v) is 0.846. The van der Waals surface area contributed by atoms with Crippen molar-refractivity contribution in [1.82, 2.24) is 10.1 Å². The molecule has 0 aliphatic heterocycles. The van der Waals surface area contributed by atoms with Crippen LogP contribution in [0.15, 0.2) is 4.90 Å². The van der Waals surface area contributed by atoms with Crippen LogP contribution in [0.1, 0.15) is 0 Å². The lowest BCUT2D eigenvalue weighted by Gasteiger charge is -2.19. The molecule has 0 fully saturated rings. The summed E-state index contributed by atoms with van der Waals surface area (Å²) in [7, 11) is 1.43. The minimum absolute atomic E-state index is 0.0155. The zero-order valence-electron chi connectivity index (χ0n) is 8.34. The molecule has 80 valence electrons. The van der Waals surface area contributed by atoms with Gasteiger partial charge in [-0.3, -0.25) is 4.79 Å². The molecule has 0 amide bonds. The van der Waals surface area contributed by atoms with E-state index in [4.69, 9.17) is 5.11 Å². The van der Waals surface area contributed by atoms with E-state index in [9.17, 15) is 14.4 Å². The quantitative estimate of drug-likeness (QED) is 0.210. The van der Waals surface area contributed by atoms with Crippen molar-refractivity contribution in [2.24, 2.45) is 4.90 Å². The number of hydrogen-bond donors (Lipinski definition) is 2. The first-order chi connectivity index (χ1) is 7.11. The maximum absolute atomic E-state index is 10.4. The second-order valence-corrected chi connectivity index (χ2v) is 2.63. The fourth-order valence-electron chi connectivity index (χ4n) is 0.846. The van der Waals surface area contributed by atoms with Gasteiger partial charge in [0.25, 0.3) is 0 Å². The van der Waals surface area contributed by atoms with Gasteiger partial charge in [0.05, 0.1) is 0 Å². The molecule has 0 aromatic rings. The summed E-state index contributed by atoms with van der Waals surface area (Å²) < 4.78 is 0. The number of carboxylic acids is 1. The number of rotatable bonds is 6.